The first-order valence-corrected chi connectivity index (χ1v) is 10.4. The molecule has 0 saturated carbocycles. The minimum Gasteiger partial charge on any atom is -0.507 e. The van der Waals surface area contributed by atoms with Crippen molar-refractivity contribution >= 4 is 5.82 Å². The van der Waals surface area contributed by atoms with E-state index in [1.165, 1.54) is 12.3 Å². The summed E-state index contributed by atoms with van der Waals surface area (Å²) < 4.78 is 48.7. The minimum atomic E-state index is -4.41. The molecule has 2 aliphatic rings. The number of pyridine rings is 1. The molecule has 4 heterocycles. The van der Waals surface area contributed by atoms with E-state index < -0.39 is 17.4 Å². The Morgan fingerprint density at radius 3 is 2.31 bits per heavy atom. The lowest BCUT2D eigenvalue weighted by atomic mass is 10.1. The molecule has 2 aliphatic heterocycles. The zero-order chi connectivity index (χ0) is 22.7. The number of anilines is 1. The van der Waals surface area contributed by atoms with Gasteiger partial charge in [0.2, 0.25) is 0 Å². The van der Waals surface area contributed by atoms with Crippen molar-refractivity contribution in [2.45, 2.75) is 19.3 Å². The lowest BCUT2D eigenvalue weighted by molar-refractivity contribution is -0.137. The zero-order valence-corrected chi connectivity index (χ0v) is 17.5. The molecule has 0 aliphatic carbocycles. The molecule has 11 heteroatoms. The van der Waals surface area contributed by atoms with Crippen LogP contribution in [0.4, 0.5) is 19.0 Å². The molecular weight excluding hydrogens is 429 g/mol. The van der Waals surface area contributed by atoms with Crippen molar-refractivity contribution in [1.82, 2.24) is 14.8 Å². The van der Waals surface area contributed by atoms with Gasteiger partial charge in [-0.2, -0.15) is 13.2 Å². The van der Waals surface area contributed by atoms with Crippen molar-refractivity contribution < 1.29 is 27.4 Å². The van der Waals surface area contributed by atoms with Gasteiger partial charge in [0.15, 0.2) is 0 Å². The number of alkyl halides is 3. The number of hydrogen-bond donors (Lipinski definition) is 1. The van der Waals surface area contributed by atoms with Crippen LogP contribution < -0.4 is 10.5 Å². The van der Waals surface area contributed by atoms with Crippen LogP contribution in [-0.4, -0.2) is 72.4 Å². The zero-order valence-electron chi connectivity index (χ0n) is 17.5. The maximum absolute atomic E-state index is 12.7. The Hall–Kier alpha value is -2.63. The van der Waals surface area contributed by atoms with Crippen LogP contribution in [-0.2, 0) is 24.0 Å². The van der Waals surface area contributed by atoms with E-state index >= 15 is 0 Å². The van der Waals surface area contributed by atoms with E-state index in [4.69, 9.17) is 9.15 Å². The molecule has 2 aromatic heterocycles. The van der Waals surface area contributed by atoms with E-state index in [1.807, 2.05) is 9.80 Å². The maximum atomic E-state index is 12.7. The largest absolute Gasteiger partial charge is 0.507 e. The summed E-state index contributed by atoms with van der Waals surface area (Å²) >= 11 is 0. The highest BCUT2D eigenvalue weighted by atomic mass is 19.4. The predicted octanol–water partition coefficient (Wildman–Crippen LogP) is 1.91. The standard InChI is InChI=1S/C21H25F3N4O4/c22-21(23,24)16-1-2-18(25-11-16)28-5-3-26(4-6-28)13-17-19(29)15(14-32-20(17)30)12-27-7-9-31-10-8-27/h1-2,11,14,29H,3-10,12-13H2. The Labute approximate surface area is 182 Å². The van der Waals surface area contributed by atoms with Gasteiger partial charge in [0.1, 0.15) is 17.8 Å². The van der Waals surface area contributed by atoms with E-state index in [9.17, 15) is 23.1 Å². The highest BCUT2D eigenvalue weighted by Crippen LogP contribution is 2.29. The molecule has 0 bridgehead atoms. The summed E-state index contributed by atoms with van der Waals surface area (Å²) in [6.45, 7) is 5.66. The summed E-state index contributed by atoms with van der Waals surface area (Å²) in [6.07, 6.45) is -2.26. The summed E-state index contributed by atoms with van der Waals surface area (Å²) in [5.74, 6) is 0.437. The lowest BCUT2D eigenvalue weighted by Gasteiger charge is -2.35. The first-order valence-electron chi connectivity index (χ1n) is 10.4. The van der Waals surface area contributed by atoms with Crippen molar-refractivity contribution in [1.29, 1.82) is 0 Å². The number of halogens is 3. The molecule has 0 amide bonds. The third-order valence-corrected chi connectivity index (χ3v) is 5.80. The molecule has 32 heavy (non-hydrogen) atoms. The molecule has 8 nitrogen and oxygen atoms in total. The second-order valence-corrected chi connectivity index (χ2v) is 7.93. The van der Waals surface area contributed by atoms with Crippen LogP contribution in [0.5, 0.6) is 5.75 Å². The fourth-order valence-electron chi connectivity index (χ4n) is 3.89. The first-order chi connectivity index (χ1) is 15.3. The van der Waals surface area contributed by atoms with Gasteiger partial charge in [-0.1, -0.05) is 0 Å². The highest BCUT2D eigenvalue weighted by Gasteiger charge is 2.31. The number of aromatic hydroxyl groups is 1. The van der Waals surface area contributed by atoms with Crippen molar-refractivity contribution in [3.63, 3.8) is 0 Å². The predicted molar refractivity (Wildman–Crippen MR) is 109 cm³/mol. The summed E-state index contributed by atoms with van der Waals surface area (Å²) in [4.78, 5) is 22.2. The van der Waals surface area contributed by atoms with Crippen LogP contribution in [0.2, 0.25) is 0 Å². The Morgan fingerprint density at radius 2 is 1.69 bits per heavy atom. The van der Waals surface area contributed by atoms with Crippen LogP contribution in [0, 0.1) is 0 Å². The van der Waals surface area contributed by atoms with Crippen molar-refractivity contribution in [2.24, 2.45) is 0 Å². The number of nitrogens with zero attached hydrogens (tertiary/aromatic N) is 4. The first kappa shape index (κ1) is 22.6. The van der Waals surface area contributed by atoms with E-state index in [0.29, 0.717) is 57.3 Å². The molecule has 4 rings (SSSR count). The van der Waals surface area contributed by atoms with Gasteiger partial charge < -0.3 is 19.2 Å². The topological polar surface area (TPSA) is 82.3 Å². The second-order valence-electron chi connectivity index (χ2n) is 7.93. The summed E-state index contributed by atoms with van der Waals surface area (Å²) in [5, 5.41) is 10.7. The number of ether oxygens (including phenoxy) is 1. The third-order valence-electron chi connectivity index (χ3n) is 5.80. The van der Waals surface area contributed by atoms with Gasteiger partial charge in [-0.15, -0.1) is 0 Å². The van der Waals surface area contributed by atoms with E-state index in [1.54, 1.807) is 0 Å². The van der Waals surface area contributed by atoms with Crippen molar-refractivity contribution in [3.8, 4) is 5.75 Å². The smallest absolute Gasteiger partial charge is 0.417 e. The second kappa shape index (κ2) is 9.47. The monoisotopic (exact) mass is 454 g/mol. The van der Waals surface area contributed by atoms with Gasteiger partial charge in [0, 0.05) is 64.1 Å². The van der Waals surface area contributed by atoms with Gasteiger partial charge in [-0.3, -0.25) is 9.80 Å². The van der Waals surface area contributed by atoms with Crippen LogP contribution in [0.3, 0.4) is 0 Å². The van der Waals surface area contributed by atoms with Crippen LogP contribution >= 0.6 is 0 Å². The molecule has 0 aromatic carbocycles. The van der Waals surface area contributed by atoms with E-state index in [-0.39, 0.29) is 17.9 Å². The molecular formula is C21H25F3N4O4. The van der Waals surface area contributed by atoms with Gasteiger partial charge in [-0.25, -0.2) is 9.78 Å². The molecule has 2 fully saturated rings. The summed E-state index contributed by atoms with van der Waals surface area (Å²) in [5.41, 5.74) is -0.565. The van der Waals surface area contributed by atoms with Crippen molar-refractivity contribution in [3.05, 3.63) is 51.7 Å². The van der Waals surface area contributed by atoms with Gasteiger partial charge >= 0.3 is 11.8 Å². The molecule has 174 valence electrons. The molecule has 2 aromatic rings. The fourth-order valence-corrected chi connectivity index (χ4v) is 3.89. The Balaban J connectivity index is 1.37. The van der Waals surface area contributed by atoms with Crippen LogP contribution in [0.1, 0.15) is 16.7 Å². The molecule has 0 atom stereocenters. The highest BCUT2D eigenvalue weighted by molar-refractivity contribution is 5.41. The average Bonchev–Trinajstić information content (AvgIpc) is 2.79. The average molecular weight is 454 g/mol. The van der Waals surface area contributed by atoms with Crippen LogP contribution in [0.25, 0.3) is 0 Å². The van der Waals surface area contributed by atoms with Gasteiger partial charge in [-0.05, 0) is 12.1 Å². The number of rotatable bonds is 5. The molecule has 0 radical (unpaired) electrons. The fraction of sp³-hybridized carbons (Fsp3) is 0.524. The van der Waals surface area contributed by atoms with Crippen LogP contribution in [0.15, 0.2) is 33.8 Å². The molecule has 1 N–H and O–H groups in total. The SMILES string of the molecule is O=c1occ(CN2CCOCC2)c(O)c1CN1CCN(c2ccc(C(F)(F)F)cn2)CC1. The molecule has 0 spiro atoms. The normalized spacial score (nSPS) is 18.8. The lowest BCUT2D eigenvalue weighted by Crippen LogP contribution is -2.46. The van der Waals surface area contributed by atoms with E-state index in [0.717, 1.165) is 25.4 Å². The number of aromatic nitrogens is 1. The maximum Gasteiger partial charge on any atom is 0.417 e. The third kappa shape index (κ3) is 5.22. The van der Waals surface area contributed by atoms with Gasteiger partial charge in [0.25, 0.3) is 0 Å². The Morgan fingerprint density at radius 1 is 1.00 bits per heavy atom. The van der Waals surface area contributed by atoms with E-state index in [2.05, 4.69) is 9.88 Å². The summed E-state index contributed by atoms with van der Waals surface area (Å²) in [6, 6.07) is 2.39. The molecule has 2 saturated heterocycles. The van der Waals surface area contributed by atoms with Crippen molar-refractivity contribution in [2.75, 3.05) is 57.4 Å². The van der Waals surface area contributed by atoms with Gasteiger partial charge in [0.05, 0.1) is 24.3 Å². The minimum absolute atomic E-state index is 0.0421. The Kier molecular flexibility index (Phi) is 6.68. The summed E-state index contributed by atoms with van der Waals surface area (Å²) in [7, 11) is 0. The quantitative estimate of drug-likeness (QED) is 0.734. The number of morpholine rings is 1. The molecule has 0 unspecified atom stereocenters. The number of piperazine rings is 1. The Bertz CT molecular complexity index is 966. The number of hydrogen-bond acceptors (Lipinski definition) is 8.